The molecule has 0 spiro atoms. The fourth-order valence-corrected chi connectivity index (χ4v) is 3.17. The zero-order valence-electron chi connectivity index (χ0n) is 14.4. The molecule has 2 aliphatic heterocycles. The van der Waals surface area contributed by atoms with Gasteiger partial charge < -0.3 is 20.4 Å². The van der Waals surface area contributed by atoms with E-state index < -0.39 is 0 Å². The molecule has 24 heavy (non-hydrogen) atoms. The highest BCUT2D eigenvalue weighted by Gasteiger charge is 2.30. The number of aromatic nitrogens is 2. The number of hydrogen-bond donors (Lipinski definition) is 2. The Bertz CT molecular complexity index is 606. The van der Waals surface area contributed by atoms with Crippen molar-refractivity contribution < 1.29 is 9.59 Å². The van der Waals surface area contributed by atoms with Crippen LogP contribution in [-0.2, 0) is 17.9 Å². The molecule has 0 bridgehead atoms. The van der Waals surface area contributed by atoms with Crippen molar-refractivity contribution in [3.05, 3.63) is 17.5 Å². The minimum Gasteiger partial charge on any atom is -0.349 e. The van der Waals surface area contributed by atoms with Gasteiger partial charge in [0, 0.05) is 26.2 Å². The third-order valence-electron chi connectivity index (χ3n) is 4.60. The van der Waals surface area contributed by atoms with Crippen LogP contribution in [0.4, 0.5) is 0 Å². The second-order valence-electron chi connectivity index (χ2n) is 6.75. The zero-order valence-corrected chi connectivity index (χ0v) is 14.4. The summed E-state index contributed by atoms with van der Waals surface area (Å²) in [6, 6.07) is 1.80. The summed E-state index contributed by atoms with van der Waals surface area (Å²) in [6.45, 7) is 4.91. The highest BCUT2D eigenvalue weighted by molar-refractivity contribution is 5.92. The van der Waals surface area contributed by atoms with Crippen molar-refractivity contribution in [3.8, 4) is 0 Å². The van der Waals surface area contributed by atoms with Gasteiger partial charge in [-0.05, 0) is 33.1 Å². The molecule has 1 atom stereocenters. The third kappa shape index (κ3) is 3.76. The van der Waals surface area contributed by atoms with Gasteiger partial charge in [-0.3, -0.25) is 14.3 Å². The minimum atomic E-state index is -0.156. The fourth-order valence-electron chi connectivity index (χ4n) is 3.17. The van der Waals surface area contributed by atoms with Gasteiger partial charge in [0.25, 0.3) is 5.91 Å². The Balaban J connectivity index is 1.59. The summed E-state index contributed by atoms with van der Waals surface area (Å²) >= 11 is 0. The molecule has 8 heteroatoms. The van der Waals surface area contributed by atoms with Crippen LogP contribution in [-0.4, -0.2) is 78.2 Å². The number of carbonyl (C=O) groups excluding carboxylic acids is 2. The van der Waals surface area contributed by atoms with Crippen LogP contribution in [0.3, 0.4) is 0 Å². The Hall–Kier alpha value is -1.93. The average molecular weight is 334 g/mol. The number of fused-ring (bicyclic) bond motifs is 1. The van der Waals surface area contributed by atoms with Crippen LogP contribution in [0.1, 0.15) is 22.6 Å². The number of rotatable bonds is 5. The van der Waals surface area contributed by atoms with E-state index in [0.29, 0.717) is 31.9 Å². The monoisotopic (exact) mass is 334 g/mol. The van der Waals surface area contributed by atoms with Crippen LogP contribution in [0.5, 0.6) is 0 Å². The van der Waals surface area contributed by atoms with Gasteiger partial charge >= 0.3 is 0 Å². The molecule has 1 saturated heterocycles. The van der Waals surface area contributed by atoms with Gasteiger partial charge in [-0.25, -0.2) is 0 Å². The Kier molecular flexibility index (Phi) is 5.15. The highest BCUT2D eigenvalue weighted by atomic mass is 16.2. The fraction of sp³-hybridized carbons (Fsp3) is 0.688. The van der Waals surface area contributed by atoms with Crippen molar-refractivity contribution in [3.63, 3.8) is 0 Å². The van der Waals surface area contributed by atoms with Crippen molar-refractivity contribution in [1.29, 1.82) is 0 Å². The van der Waals surface area contributed by atoms with E-state index in [0.717, 1.165) is 31.7 Å². The van der Waals surface area contributed by atoms with Crippen molar-refractivity contribution >= 4 is 11.8 Å². The molecule has 3 rings (SSSR count). The van der Waals surface area contributed by atoms with Gasteiger partial charge in [0.1, 0.15) is 0 Å². The molecule has 1 fully saturated rings. The molecular weight excluding hydrogens is 308 g/mol. The lowest BCUT2D eigenvalue weighted by atomic mass is 10.1. The topological polar surface area (TPSA) is 82.5 Å². The standard InChI is InChI=1S/C16H26N6O2/c1-20(2)6-5-18-15(23)14-9-13-11-21(7-8-22(13)19-14)16(24)12-3-4-17-10-12/h9,12,17H,3-8,10-11H2,1-2H3,(H,18,23)/t12-/m0/s1. The minimum absolute atomic E-state index is 0.0910. The molecule has 0 aliphatic carbocycles. The molecule has 2 N–H and O–H groups in total. The lowest BCUT2D eigenvalue weighted by Gasteiger charge is -2.29. The zero-order chi connectivity index (χ0) is 17.1. The summed E-state index contributed by atoms with van der Waals surface area (Å²) in [6.07, 6.45) is 0.911. The molecule has 1 aromatic heterocycles. The van der Waals surface area contributed by atoms with Crippen molar-refractivity contribution in [1.82, 2.24) is 30.2 Å². The average Bonchev–Trinajstić information content (AvgIpc) is 3.22. The summed E-state index contributed by atoms with van der Waals surface area (Å²) in [5.41, 5.74) is 1.36. The van der Waals surface area contributed by atoms with Crippen molar-refractivity contribution in [2.24, 2.45) is 5.92 Å². The quantitative estimate of drug-likeness (QED) is 0.731. The van der Waals surface area contributed by atoms with E-state index in [1.54, 1.807) is 6.07 Å². The maximum Gasteiger partial charge on any atom is 0.271 e. The van der Waals surface area contributed by atoms with E-state index in [-0.39, 0.29) is 17.7 Å². The first kappa shape index (κ1) is 16.9. The van der Waals surface area contributed by atoms with Crippen LogP contribution >= 0.6 is 0 Å². The first-order valence-corrected chi connectivity index (χ1v) is 8.54. The number of hydrogen-bond acceptors (Lipinski definition) is 5. The second-order valence-corrected chi connectivity index (χ2v) is 6.75. The van der Waals surface area contributed by atoms with E-state index in [4.69, 9.17) is 0 Å². The second kappa shape index (κ2) is 7.31. The van der Waals surface area contributed by atoms with Gasteiger partial charge in [0.2, 0.25) is 5.91 Å². The Morgan fingerprint density at radius 3 is 2.96 bits per heavy atom. The number of carbonyl (C=O) groups is 2. The SMILES string of the molecule is CN(C)CCNC(=O)c1cc2n(n1)CCN(C(=O)[C@H]1CCNC1)C2. The summed E-state index contributed by atoms with van der Waals surface area (Å²) in [7, 11) is 3.93. The molecule has 0 saturated carbocycles. The first-order valence-electron chi connectivity index (χ1n) is 8.54. The summed E-state index contributed by atoms with van der Waals surface area (Å²) in [4.78, 5) is 28.6. The predicted molar refractivity (Wildman–Crippen MR) is 89.5 cm³/mol. The smallest absolute Gasteiger partial charge is 0.271 e. The third-order valence-corrected chi connectivity index (χ3v) is 4.60. The highest BCUT2D eigenvalue weighted by Crippen LogP contribution is 2.18. The number of nitrogens with one attached hydrogen (secondary N) is 2. The van der Waals surface area contributed by atoms with Crippen LogP contribution < -0.4 is 10.6 Å². The van der Waals surface area contributed by atoms with E-state index in [1.165, 1.54) is 0 Å². The molecule has 132 valence electrons. The molecular formula is C16H26N6O2. The van der Waals surface area contributed by atoms with Crippen LogP contribution in [0.25, 0.3) is 0 Å². The molecule has 8 nitrogen and oxygen atoms in total. The Labute approximate surface area is 142 Å². The van der Waals surface area contributed by atoms with Gasteiger partial charge in [-0.1, -0.05) is 0 Å². The maximum absolute atomic E-state index is 12.5. The van der Waals surface area contributed by atoms with Gasteiger partial charge in [0.05, 0.1) is 24.7 Å². The van der Waals surface area contributed by atoms with Gasteiger partial charge in [-0.2, -0.15) is 5.10 Å². The largest absolute Gasteiger partial charge is 0.349 e. The Morgan fingerprint density at radius 2 is 2.25 bits per heavy atom. The normalized spacial score (nSPS) is 20.3. The lowest BCUT2D eigenvalue weighted by Crippen LogP contribution is -2.42. The number of likely N-dealkylation sites (N-methyl/N-ethyl adjacent to an activating group) is 1. The molecule has 0 radical (unpaired) electrons. The van der Waals surface area contributed by atoms with Crippen molar-refractivity contribution in [2.75, 3.05) is 46.8 Å². The van der Waals surface area contributed by atoms with Crippen LogP contribution in [0.2, 0.25) is 0 Å². The Morgan fingerprint density at radius 1 is 1.42 bits per heavy atom. The van der Waals surface area contributed by atoms with E-state index in [9.17, 15) is 9.59 Å². The van der Waals surface area contributed by atoms with E-state index in [2.05, 4.69) is 15.7 Å². The van der Waals surface area contributed by atoms with E-state index in [1.807, 2.05) is 28.6 Å². The molecule has 0 aromatic carbocycles. The first-order chi connectivity index (χ1) is 11.5. The van der Waals surface area contributed by atoms with Crippen LogP contribution in [0.15, 0.2) is 6.07 Å². The van der Waals surface area contributed by atoms with Gasteiger partial charge in [-0.15, -0.1) is 0 Å². The molecule has 2 amide bonds. The maximum atomic E-state index is 12.5. The van der Waals surface area contributed by atoms with Crippen molar-refractivity contribution in [2.45, 2.75) is 19.5 Å². The summed E-state index contributed by atoms with van der Waals surface area (Å²) in [5, 5.41) is 10.5. The summed E-state index contributed by atoms with van der Waals surface area (Å²) < 4.78 is 1.84. The molecule has 2 aliphatic rings. The van der Waals surface area contributed by atoms with E-state index >= 15 is 0 Å². The molecule has 1 aromatic rings. The number of nitrogens with zero attached hydrogens (tertiary/aromatic N) is 4. The molecule has 0 unspecified atom stereocenters. The van der Waals surface area contributed by atoms with Crippen LogP contribution in [0, 0.1) is 5.92 Å². The van der Waals surface area contributed by atoms with Gasteiger partial charge in [0.15, 0.2) is 5.69 Å². The molecule has 3 heterocycles. The summed E-state index contributed by atoms with van der Waals surface area (Å²) in [5.74, 6) is 0.148. The lowest BCUT2D eigenvalue weighted by molar-refractivity contribution is -0.136. The number of amides is 2. The predicted octanol–water partition coefficient (Wildman–Crippen LogP) is -0.874.